The molecule has 0 saturated carbocycles. The number of amides is 1. The van der Waals surface area contributed by atoms with E-state index >= 15 is 0 Å². The second-order valence-corrected chi connectivity index (χ2v) is 4.94. The molecule has 1 aliphatic heterocycles. The number of aliphatic hydroxyl groups is 1. The highest BCUT2D eigenvalue weighted by molar-refractivity contribution is 6.32. The van der Waals surface area contributed by atoms with E-state index < -0.39 is 0 Å². The molecule has 0 aliphatic carbocycles. The molecule has 1 aromatic rings. The summed E-state index contributed by atoms with van der Waals surface area (Å²) < 4.78 is 0. The first kappa shape index (κ1) is 13.8. The molecule has 1 atom stereocenters. The van der Waals surface area contributed by atoms with E-state index in [9.17, 15) is 9.90 Å². The van der Waals surface area contributed by atoms with Gasteiger partial charge in [0.1, 0.15) is 6.07 Å². The summed E-state index contributed by atoms with van der Waals surface area (Å²) in [6.45, 7) is 1.50. The summed E-state index contributed by atoms with van der Waals surface area (Å²) in [6.07, 6.45) is 0.368. The molecule has 1 amide bonds. The number of nitrogens with zero attached hydrogens (tertiary/aromatic N) is 2. The molecule has 2 rings (SSSR count). The largest absolute Gasteiger partial charge is 0.392 e. The summed E-state index contributed by atoms with van der Waals surface area (Å²) in [6, 6.07) is 6.72. The summed E-state index contributed by atoms with van der Waals surface area (Å²) in [7, 11) is 0. The third-order valence-electron chi connectivity index (χ3n) is 2.99. The molecule has 1 fully saturated rings. The van der Waals surface area contributed by atoms with Gasteiger partial charge in [-0.15, -0.1) is 0 Å². The van der Waals surface area contributed by atoms with Crippen LogP contribution in [0.15, 0.2) is 18.2 Å². The van der Waals surface area contributed by atoms with Crippen LogP contribution >= 0.6 is 11.6 Å². The van der Waals surface area contributed by atoms with Gasteiger partial charge in [-0.25, -0.2) is 0 Å². The molecule has 19 heavy (non-hydrogen) atoms. The molecule has 6 heteroatoms. The van der Waals surface area contributed by atoms with Gasteiger partial charge >= 0.3 is 0 Å². The van der Waals surface area contributed by atoms with Gasteiger partial charge in [-0.2, -0.15) is 5.26 Å². The van der Waals surface area contributed by atoms with E-state index in [1.54, 1.807) is 18.2 Å². The molecular formula is C13H14ClN3O2. The minimum absolute atomic E-state index is 0.158. The third-order valence-corrected chi connectivity index (χ3v) is 3.30. The predicted molar refractivity (Wildman–Crippen MR) is 71.9 cm³/mol. The smallest absolute Gasteiger partial charge is 0.238 e. The summed E-state index contributed by atoms with van der Waals surface area (Å²) in [5.41, 5.74) is 0.941. The van der Waals surface area contributed by atoms with Crippen LogP contribution in [0.2, 0.25) is 5.02 Å². The molecule has 5 nitrogen and oxygen atoms in total. The molecular weight excluding hydrogens is 266 g/mol. The number of benzene rings is 1. The zero-order chi connectivity index (χ0) is 13.8. The summed E-state index contributed by atoms with van der Waals surface area (Å²) in [5, 5.41) is 21.2. The Morgan fingerprint density at radius 1 is 1.63 bits per heavy atom. The van der Waals surface area contributed by atoms with Crippen molar-refractivity contribution in [3.63, 3.8) is 0 Å². The Hall–Kier alpha value is -1.61. The topological polar surface area (TPSA) is 76.4 Å². The van der Waals surface area contributed by atoms with Crippen molar-refractivity contribution in [3.8, 4) is 6.07 Å². The van der Waals surface area contributed by atoms with Crippen LogP contribution in [0.25, 0.3) is 0 Å². The van der Waals surface area contributed by atoms with Crippen LogP contribution in [0.1, 0.15) is 12.0 Å². The van der Waals surface area contributed by atoms with Gasteiger partial charge in [0.05, 0.1) is 23.2 Å². The Bertz CT molecular complexity index is 527. The van der Waals surface area contributed by atoms with Crippen molar-refractivity contribution in [3.05, 3.63) is 28.8 Å². The maximum atomic E-state index is 11.8. The zero-order valence-electron chi connectivity index (χ0n) is 10.3. The molecule has 1 heterocycles. The van der Waals surface area contributed by atoms with Gasteiger partial charge in [0.25, 0.3) is 0 Å². The van der Waals surface area contributed by atoms with Crippen molar-refractivity contribution in [2.75, 3.05) is 25.0 Å². The highest BCUT2D eigenvalue weighted by atomic mass is 35.5. The maximum absolute atomic E-state index is 11.8. The number of carbonyl (C=O) groups excluding carboxylic acids is 1. The maximum Gasteiger partial charge on any atom is 0.238 e. The molecule has 1 aromatic carbocycles. The lowest BCUT2D eigenvalue weighted by Crippen LogP contribution is -2.32. The Labute approximate surface area is 116 Å². The first-order valence-corrected chi connectivity index (χ1v) is 6.36. The molecule has 0 unspecified atom stereocenters. The highest BCUT2D eigenvalue weighted by Gasteiger charge is 2.21. The van der Waals surface area contributed by atoms with Gasteiger partial charge in [-0.05, 0) is 24.6 Å². The number of hydrogen-bond acceptors (Lipinski definition) is 4. The Balaban J connectivity index is 1.92. The lowest BCUT2D eigenvalue weighted by atomic mass is 10.2. The number of hydrogen-bond donors (Lipinski definition) is 2. The zero-order valence-corrected chi connectivity index (χ0v) is 11.0. The highest BCUT2D eigenvalue weighted by Crippen LogP contribution is 2.20. The van der Waals surface area contributed by atoms with Crippen molar-refractivity contribution in [2.24, 2.45) is 0 Å². The van der Waals surface area contributed by atoms with E-state index in [4.69, 9.17) is 16.9 Å². The van der Waals surface area contributed by atoms with Crippen molar-refractivity contribution >= 4 is 23.2 Å². The number of nitrogens with one attached hydrogen (secondary N) is 1. The number of halogens is 1. The molecule has 1 saturated heterocycles. The lowest BCUT2D eigenvalue weighted by Gasteiger charge is -2.14. The van der Waals surface area contributed by atoms with E-state index in [0.717, 1.165) is 6.54 Å². The fourth-order valence-electron chi connectivity index (χ4n) is 2.04. The van der Waals surface area contributed by atoms with Crippen molar-refractivity contribution in [2.45, 2.75) is 12.5 Å². The van der Waals surface area contributed by atoms with Crippen LogP contribution in [0.4, 0.5) is 5.69 Å². The second kappa shape index (κ2) is 6.02. The van der Waals surface area contributed by atoms with Gasteiger partial charge < -0.3 is 10.4 Å². The van der Waals surface area contributed by atoms with E-state index in [1.165, 1.54) is 0 Å². The third kappa shape index (κ3) is 3.67. The molecule has 100 valence electrons. The molecule has 0 spiro atoms. The number of β-amino-alcohol motifs (C(OH)–C–C–N with tert-alkyl or cyclic N) is 1. The minimum atomic E-state index is -0.336. The SMILES string of the molecule is N#Cc1ccc(NC(=O)CN2CC[C@H](O)C2)cc1Cl. The van der Waals surface area contributed by atoms with E-state index in [1.807, 2.05) is 11.0 Å². The van der Waals surface area contributed by atoms with Crippen LogP contribution in [-0.2, 0) is 4.79 Å². The lowest BCUT2D eigenvalue weighted by molar-refractivity contribution is -0.117. The quantitative estimate of drug-likeness (QED) is 0.872. The Morgan fingerprint density at radius 3 is 3.00 bits per heavy atom. The van der Waals surface area contributed by atoms with E-state index in [0.29, 0.717) is 29.2 Å². The number of nitriles is 1. The Morgan fingerprint density at radius 2 is 2.42 bits per heavy atom. The number of rotatable bonds is 3. The van der Waals surface area contributed by atoms with E-state index in [2.05, 4.69) is 5.32 Å². The molecule has 1 aliphatic rings. The van der Waals surface area contributed by atoms with Crippen molar-refractivity contribution < 1.29 is 9.90 Å². The molecule has 2 N–H and O–H groups in total. The fourth-order valence-corrected chi connectivity index (χ4v) is 2.27. The van der Waals surface area contributed by atoms with Crippen LogP contribution in [0.3, 0.4) is 0 Å². The van der Waals surface area contributed by atoms with Gasteiger partial charge in [0.2, 0.25) is 5.91 Å². The first-order chi connectivity index (χ1) is 9.08. The number of carbonyl (C=O) groups is 1. The number of anilines is 1. The summed E-state index contributed by atoms with van der Waals surface area (Å²) >= 11 is 5.89. The normalized spacial score (nSPS) is 19.1. The van der Waals surface area contributed by atoms with Crippen molar-refractivity contribution in [1.29, 1.82) is 5.26 Å². The van der Waals surface area contributed by atoms with Crippen LogP contribution in [-0.4, -0.2) is 41.7 Å². The predicted octanol–water partition coefficient (Wildman–Crippen LogP) is 1.22. The second-order valence-electron chi connectivity index (χ2n) is 4.53. The molecule has 0 aromatic heterocycles. The van der Waals surface area contributed by atoms with Gasteiger partial charge in [0.15, 0.2) is 0 Å². The monoisotopic (exact) mass is 279 g/mol. The fraction of sp³-hybridized carbons (Fsp3) is 0.385. The molecule has 0 radical (unpaired) electrons. The average molecular weight is 280 g/mol. The standard InChI is InChI=1S/C13H14ClN3O2/c14-12-5-10(2-1-9(12)6-15)16-13(19)8-17-4-3-11(18)7-17/h1-2,5,11,18H,3-4,7-8H2,(H,16,19)/t11-/m0/s1. The van der Waals surface area contributed by atoms with Crippen LogP contribution < -0.4 is 5.32 Å². The number of likely N-dealkylation sites (tertiary alicyclic amines) is 1. The van der Waals surface area contributed by atoms with Crippen molar-refractivity contribution in [1.82, 2.24) is 4.90 Å². The van der Waals surface area contributed by atoms with Crippen LogP contribution in [0.5, 0.6) is 0 Å². The summed E-state index contributed by atoms with van der Waals surface area (Å²) in [5.74, 6) is -0.158. The number of aliphatic hydroxyl groups excluding tert-OH is 1. The molecule has 0 bridgehead atoms. The van der Waals surface area contributed by atoms with Gasteiger partial charge in [-0.1, -0.05) is 11.6 Å². The van der Waals surface area contributed by atoms with Crippen LogP contribution in [0, 0.1) is 11.3 Å². The van der Waals surface area contributed by atoms with E-state index in [-0.39, 0.29) is 18.6 Å². The first-order valence-electron chi connectivity index (χ1n) is 5.98. The Kier molecular flexibility index (Phi) is 4.38. The van der Waals surface area contributed by atoms with Gasteiger partial charge in [-0.3, -0.25) is 9.69 Å². The van der Waals surface area contributed by atoms with Gasteiger partial charge in [0, 0.05) is 18.8 Å². The average Bonchev–Trinajstić information content (AvgIpc) is 2.74. The summed E-state index contributed by atoms with van der Waals surface area (Å²) in [4.78, 5) is 13.7. The minimum Gasteiger partial charge on any atom is -0.392 e.